The average Bonchev–Trinajstić information content (AvgIpc) is 2.30. The Balaban J connectivity index is 2.25. The van der Waals surface area contributed by atoms with Crippen LogP contribution in [-0.4, -0.2) is 32.8 Å². The number of hydrogen-bond donors (Lipinski definition) is 0. The molecule has 1 atom stereocenters. The van der Waals surface area contributed by atoms with Crippen LogP contribution < -0.4 is 9.64 Å². The lowest BCUT2D eigenvalue weighted by molar-refractivity contribution is -0.143. The molecule has 1 aromatic carbocycles. The van der Waals surface area contributed by atoms with Gasteiger partial charge < -0.3 is 14.4 Å². The first-order valence-electron chi connectivity index (χ1n) is 5.35. The number of halogens is 1. The van der Waals surface area contributed by atoms with Crippen molar-refractivity contribution in [1.82, 2.24) is 0 Å². The number of anilines is 1. The Labute approximate surface area is 109 Å². The monoisotopic (exact) mass is 299 g/mol. The molecule has 1 aliphatic rings. The van der Waals surface area contributed by atoms with Crippen molar-refractivity contribution in [1.29, 1.82) is 0 Å². The average molecular weight is 300 g/mol. The fourth-order valence-electron chi connectivity index (χ4n) is 1.90. The topological polar surface area (TPSA) is 38.8 Å². The Morgan fingerprint density at radius 1 is 1.47 bits per heavy atom. The van der Waals surface area contributed by atoms with E-state index in [1.54, 1.807) is 7.11 Å². The number of benzene rings is 1. The minimum Gasteiger partial charge on any atom is -0.497 e. The summed E-state index contributed by atoms with van der Waals surface area (Å²) >= 11 is 3.48. The van der Waals surface area contributed by atoms with Crippen LogP contribution in [-0.2, 0) is 9.53 Å². The molecule has 5 heteroatoms. The Morgan fingerprint density at radius 2 is 2.24 bits per heavy atom. The summed E-state index contributed by atoms with van der Waals surface area (Å²) in [5, 5.41) is 0. The molecule has 0 saturated carbocycles. The molecular formula is C12H14BrNO3. The summed E-state index contributed by atoms with van der Waals surface area (Å²) in [5.41, 5.74) is 0.964. The molecule has 1 fully saturated rings. The highest BCUT2D eigenvalue weighted by Crippen LogP contribution is 2.36. The van der Waals surface area contributed by atoms with E-state index in [0.29, 0.717) is 0 Å². The summed E-state index contributed by atoms with van der Waals surface area (Å²) in [5.74, 6) is 0.588. The molecule has 17 heavy (non-hydrogen) atoms. The van der Waals surface area contributed by atoms with Crippen LogP contribution in [0.5, 0.6) is 5.75 Å². The Bertz CT molecular complexity index is 436. The molecule has 4 nitrogen and oxygen atoms in total. The van der Waals surface area contributed by atoms with E-state index < -0.39 is 0 Å². The van der Waals surface area contributed by atoms with Crippen LogP contribution in [0.1, 0.15) is 6.42 Å². The van der Waals surface area contributed by atoms with Gasteiger partial charge >= 0.3 is 5.97 Å². The number of carbonyl (C=O) groups excluding carboxylic acids is 1. The van der Waals surface area contributed by atoms with Crippen molar-refractivity contribution in [3.05, 3.63) is 22.7 Å². The van der Waals surface area contributed by atoms with E-state index in [-0.39, 0.29) is 12.0 Å². The van der Waals surface area contributed by atoms with Crippen molar-refractivity contribution in [3.63, 3.8) is 0 Å². The number of nitrogens with zero attached hydrogens (tertiary/aromatic N) is 1. The van der Waals surface area contributed by atoms with Crippen LogP contribution in [0.15, 0.2) is 22.7 Å². The minimum atomic E-state index is -0.189. The van der Waals surface area contributed by atoms with E-state index in [9.17, 15) is 4.79 Å². The number of methoxy groups -OCH3 is 2. The lowest BCUT2D eigenvalue weighted by Crippen LogP contribution is -2.53. The number of hydrogen-bond acceptors (Lipinski definition) is 4. The first-order valence-corrected chi connectivity index (χ1v) is 6.14. The maximum atomic E-state index is 11.5. The van der Waals surface area contributed by atoms with Gasteiger partial charge in [-0.15, -0.1) is 0 Å². The predicted molar refractivity (Wildman–Crippen MR) is 68.5 cm³/mol. The quantitative estimate of drug-likeness (QED) is 0.802. The molecule has 0 radical (unpaired) electrons. The van der Waals surface area contributed by atoms with E-state index >= 15 is 0 Å². The molecule has 2 rings (SSSR count). The zero-order chi connectivity index (χ0) is 12.4. The van der Waals surface area contributed by atoms with E-state index in [1.807, 2.05) is 23.1 Å². The third-order valence-corrected chi connectivity index (χ3v) is 3.63. The Morgan fingerprint density at radius 3 is 2.76 bits per heavy atom. The van der Waals surface area contributed by atoms with E-state index in [4.69, 9.17) is 9.47 Å². The third-order valence-electron chi connectivity index (χ3n) is 2.96. The molecule has 0 bridgehead atoms. The van der Waals surface area contributed by atoms with Gasteiger partial charge in [-0.25, -0.2) is 4.79 Å². The Hall–Kier alpha value is -1.23. The van der Waals surface area contributed by atoms with Crippen molar-refractivity contribution < 1.29 is 14.3 Å². The summed E-state index contributed by atoms with van der Waals surface area (Å²) < 4.78 is 10.9. The van der Waals surface area contributed by atoms with Gasteiger partial charge in [-0.05, 0) is 34.5 Å². The van der Waals surface area contributed by atoms with E-state index in [0.717, 1.165) is 28.9 Å². The molecule has 0 amide bonds. The molecule has 0 spiro atoms. The van der Waals surface area contributed by atoms with Crippen LogP contribution in [0.25, 0.3) is 0 Å². The Kier molecular flexibility index (Phi) is 3.57. The largest absolute Gasteiger partial charge is 0.497 e. The minimum absolute atomic E-state index is 0.177. The summed E-state index contributed by atoms with van der Waals surface area (Å²) in [4.78, 5) is 13.5. The van der Waals surface area contributed by atoms with Crippen LogP contribution >= 0.6 is 15.9 Å². The molecule has 1 aliphatic heterocycles. The highest BCUT2D eigenvalue weighted by atomic mass is 79.9. The number of esters is 1. The maximum Gasteiger partial charge on any atom is 0.328 e. The fraction of sp³-hybridized carbons (Fsp3) is 0.417. The van der Waals surface area contributed by atoms with Crippen LogP contribution in [0.2, 0.25) is 0 Å². The molecule has 1 saturated heterocycles. The van der Waals surface area contributed by atoms with Gasteiger partial charge in [-0.2, -0.15) is 0 Å². The van der Waals surface area contributed by atoms with Gasteiger partial charge in [0, 0.05) is 17.1 Å². The number of ether oxygens (including phenoxy) is 2. The summed E-state index contributed by atoms with van der Waals surface area (Å²) in [7, 11) is 3.04. The van der Waals surface area contributed by atoms with Crippen molar-refractivity contribution >= 4 is 27.6 Å². The van der Waals surface area contributed by atoms with Gasteiger partial charge in [0.2, 0.25) is 0 Å². The SMILES string of the molecule is COC(=O)C1CCN1c1cc(OC)ccc1Br. The number of carbonyl (C=O) groups is 1. The van der Waals surface area contributed by atoms with Crippen molar-refractivity contribution in [2.24, 2.45) is 0 Å². The lowest BCUT2D eigenvalue weighted by atomic mass is 10.0. The highest BCUT2D eigenvalue weighted by Gasteiger charge is 2.36. The molecule has 1 unspecified atom stereocenters. The van der Waals surface area contributed by atoms with Crippen LogP contribution in [0.4, 0.5) is 5.69 Å². The second-order valence-electron chi connectivity index (χ2n) is 3.84. The summed E-state index contributed by atoms with van der Waals surface area (Å²) in [6, 6.07) is 5.53. The van der Waals surface area contributed by atoms with Gasteiger partial charge in [0.1, 0.15) is 11.8 Å². The first-order chi connectivity index (χ1) is 8.17. The van der Waals surface area contributed by atoms with Crippen molar-refractivity contribution in [2.45, 2.75) is 12.5 Å². The van der Waals surface area contributed by atoms with E-state index in [1.165, 1.54) is 7.11 Å². The van der Waals surface area contributed by atoms with Crippen molar-refractivity contribution in [2.75, 3.05) is 25.7 Å². The van der Waals surface area contributed by atoms with Gasteiger partial charge in [0.15, 0.2) is 0 Å². The molecule has 0 aromatic heterocycles. The maximum absolute atomic E-state index is 11.5. The summed E-state index contributed by atoms with van der Waals surface area (Å²) in [6.07, 6.45) is 0.830. The normalized spacial score (nSPS) is 18.5. The highest BCUT2D eigenvalue weighted by molar-refractivity contribution is 9.10. The fourth-order valence-corrected chi connectivity index (χ4v) is 2.37. The molecule has 0 aliphatic carbocycles. The van der Waals surface area contributed by atoms with E-state index in [2.05, 4.69) is 15.9 Å². The van der Waals surface area contributed by atoms with Gasteiger partial charge in [-0.1, -0.05) is 0 Å². The van der Waals surface area contributed by atoms with Crippen molar-refractivity contribution in [3.8, 4) is 5.75 Å². The molecule has 1 heterocycles. The zero-order valence-electron chi connectivity index (χ0n) is 9.77. The lowest BCUT2D eigenvalue weighted by Gasteiger charge is -2.41. The molecule has 1 aromatic rings. The smallest absolute Gasteiger partial charge is 0.328 e. The molecular weight excluding hydrogens is 286 g/mol. The van der Waals surface area contributed by atoms with Gasteiger partial charge in [0.05, 0.1) is 19.9 Å². The second-order valence-corrected chi connectivity index (χ2v) is 4.69. The molecule has 92 valence electrons. The second kappa shape index (κ2) is 4.96. The van der Waals surface area contributed by atoms with Gasteiger partial charge in [-0.3, -0.25) is 0 Å². The zero-order valence-corrected chi connectivity index (χ0v) is 11.4. The third kappa shape index (κ3) is 2.24. The van der Waals surface area contributed by atoms with Crippen LogP contribution in [0.3, 0.4) is 0 Å². The molecule has 0 N–H and O–H groups in total. The van der Waals surface area contributed by atoms with Gasteiger partial charge in [0.25, 0.3) is 0 Å². The standard InChI is InChI=1S/C12H14BrNO3/c1-16-8-3-4-9(13)11(7-8)14-6-5-10(14)12(15)17-2/h3-4,7,10H,5-6H2,1-2H3. The summed E-state index contributed by atoms with van der Waals surface area (Å²) in [6.45, 7) is 0.853. The number of rotatable bonds is 3. The first kappa shape index (κ1) is 12.2. The van der Waals surface area contributed by atoms with Crippen LogP contribution in [0, 0.1) is 0 Å². The predicted octanol–water partition coefficient (Wildman–Crippen LogP) is 2.21.